The molecule has 1 N–H and O–H groups in total. The lowest BCUT2D eigenvalue weighted by molar-refractivity contribution is -0.137. The van der Waals surface area contributed by atoms with E-state index in [0.717, 1.165) is 12.1 Å². The van der Waals surface area contributed by atoms with E-state index in [-0.39, 0.29) is 29.4 Å². The van der Waals surface area contributed by atoms with Crippen molar-refractivity contribution in [2.75, 3.05) is 5.32 Å². The van der Waals surface area contributed by atoms with E-state index < -0.39 is 17.4 Å². The maximum atomic E-state index is 12.9. The highest BCUT2D eigenvalue weighted by Crippen LogP contribution is 2.31. The molecule has 0 radical (unpaired) electrons. The van der Waals surface area contributed by atoms with E-state index in [1.165, 1.54) is 36.0 Å². The third kappa shape index (κ3) is 4.44. The number of anilines is 1. The Morgan fingerprint density at radius 1 is 1.16 bits per heavy atom. The lowest BCUT2D eigenvalue weighted by Crippen LogP contribution is -2.09. The minimum atomic E-state index is -4.49. The second-order valence-electron chi connectivity index (χ2n) is 6.70. The summed E-state index contributed by atoms with van der Waals surface area (Å²) in [5, 5.41) is 15.0. The van der Waals surface area contributed by atoms with Gasteiger partial charge < -0.3 is 9.73 Å². The molecule has 0 aliphatic rings. The van der Waals surface area contributed by atoms with Gasteiger partial charge in [0.1, 0.15) is 5.58 Å². The van der Waals surface area contributed by atoms with Crippen LogP contribution < -0.4 is 10.9 Å². The first-order valence-corrected chi connectivity index (χ1v) is 8.99. The average molecular weight is 429 g/mol. The third-order valence-electron chi connectivity index (χ3n) is 4.36. The van der Waals surface area contributed by atoms with Crippen molar-refractivity contribution in [2.24, 2.45) is 0 Å². The van der Waals surface area contributed by atoms with Crippen LogP contribution in [0.2, 0.25) is 0 Å². The summed E-state index contributed by atoms with van der Waals surface area (Å²) < 4.78 is 44.0. The molecule has 0 aliphatic heterocycles. The molecular formula is C20H14F3N5O3. The van der Waals surface area contributed by atoms with Gasteiger partial charge in [-0.15, -0.1) is 10.2 Å². The molecule has 0 fully saturated rings. The molecule has 0 unspecified atom stereocenters. The number of rotatable bonds is 4. The van der Waals surface area contributed by atoms with Gasteiger partial charge in [0.2, 0.25) is 11.7 Å². The molecule has 2 heterocycles. The van der Waals surface area contributed by atoms with Crippen molar-refractivity contribution in [1.82, 2.24) is 20.2 Å². The van der Waals surface area contributed by atoms with Gasteiger partial charge in [0.25, 0.3) is 0 Å². The number of benzene rings is 2. The van der Waals surface area contributed by atoms with Crippen molar-refractivity contribution >= 4 is 22.6 Å². The van der Waals surface area contributed by atoms with Crippen LogP contribution in [0.15, 0.2) is 57.7 Å². The zero-order valence-corrected chi connectivity index (χ0v) is 16.0. The predicted octanol–water partition coefficient (Wildman–Crippen LogP) is 3.47. The van der Waals surface area contributed by atoms with Crippen LogP contribution >= 0.6 is 0 Å². The summed E-state index contributed by atoms with van der Waals surface area (Å²) in [7, 11) is 0. The van der Waals surface area contributed by atoms with E-state index in [4.69, 9.17) is 4.42 Å². The Kier molecular flexibility index (Phi) is 5.01. The number of amides is 1. The molecule has 0 bridgehead atoms. The summed E-state index contributed by atoms with van der Waals surface area (Å²) >= 11 is 0. The molecule has 0 saturated carbocycles. The molecule has 0 saturated heterocycles. The SMILES string of the molecule is CC(=O)Nc1ccc2c(Cn3nnc(-c4cccc(C(F)(F)F)c4)n3)cc(=O)oc2c1. The van der Waals surface area contributed by atoms with E-state index in [0.29, 0.717) is 16.6 Å². The Morgan fingerprint density at radius 3 is 2.71 bits per heavy atom. The predicted molar refractivity (Wildman–Crippen MR) is 104 cm³/mol. The molecule has 31 heavy (non-hydrogen) atoms. The highest BCUT2D eigenvalue weighted by molar-refractivity contribution is 5.92. The normalized spacial score (nSPS) is 11.6. The van der Waals surface area contributed by atoms with Crippen molar-refractivity contribution in [2.45, 2.75) is 19.6 Å². The van der Waals surface area contributed by atoms with Gasteiger partial charge in [0.05, 0.1) is 12.1 Å². The third-order valence-corrected chi connectivity index (χ3v) is 4.36. The first-order valence-electron chi connectivity index (χ1n) is 8.99. The molecular weight excluding hydrogens is 415 g/mol. The smallest absolute Gasteiger partial charge is 0.416 e. The quantitative estimate of drug-likeness (QED) is 0.499. The van der Waals surface area contributed by atoms with E-state index in [9.17, 15) is 22.8 Å². The Bertz CT molecular complexity index is 1340. The van der Waals surface area contributed by atoms with Crippen molar-refractivity contribution in [3.63, 3.8) is 0 Å². The second-order valence-corrected chi connectivity index (χ2v) is 6.70. The van der Waals surface area contributed by atoms with Crippen LogP contribution in [0.4, 0.5) is 18.9 Å². The van der Waals surface area contributed by atoms with Crippen LogP contribution in [0.1, 0.15) is 18.1 Å². The minimum absolute atomic E-state index is 0.0197. The maximum absolute atomic E-state index is 12.9. The first kappa shape index (κ1) is 20.3. The fourth-order valence-electron chi connectivity index (χ4n) is 3.05. The fourth-order valence-corrected chi connectivity index (χ4v) is 3.05. The highest BCUT2D eigenvalue weighted by atomic mass is 19.4. The summed E-state index contributed by atoms with van der Waals surface area (Å²) in [5.74, 6) is -0.252. The van der Waals surface area contributed by atoms with Crippen LogP contribution in [-0.4, -0.2) is 26.1 Å². The number of nitrogens with one attached hydrogen (secondary N) is 1. The van der Waals surface area contributed by atoms with Crippen molar-refractivity contribution in [3.05, 3.63) is 70.1 Å². The van der Waals surface area contributed by atoms with Crippen molar-refractivity contribution < 1.29 is 22.4 Å². The number of carbonyl (C=O) groups is 1. The molecule has 11 heteroatoms. The number of fused-ring (bicyclic) bond motifs is 1. The Balaban J connectivity index is 1.66. The number of alkyl halides is 3. The van der Waals surface area contributed by atoms with Gasteiger partial charge in [-0.3, -0.25) is 4.79 Å². The van der Waals surface area contributed by atoms with E-state index in [2.05, 4.69) is 20.7 Å². The monoisotopic (exact) mass is 429 g/mol. The van der Waals surface area contributed by atoms with Gasteiger partial charge in [-0.05, 0) is 35.0 Å². The van der Waals surface area contributed by atoms with Crippen LogP contribution in [0.25, 0.3) is 22.4 Å². The minimum Gasteiger partial charge on any atom is -0.423 e. The van der Waals surface area contributed by atoms with Crippen LogP contribution in [0.5, 0.6) is 0 Å². The summed E-state index contributed by atoms with van der Waals surface area (Å²) in [6.45, 7) is 1.39. The Labute approximate surface area is 172 Å². The zero-order valence-electron chi connectivity index (χ0n) is 16.0. The van der Waals surface area contributed by atoms with E-state index >= 15 is 0 Å². The molecule has 2 aromatic heterocycles. The summed E-state index contributed by atoms with van der Waals surface area (Å²) in [4.78, 5) is 24.4. The number of tetrazole rings is 1. The molecule has 1 amide bonds. The van der Waals surface area contributed by atoms with Crippen LogP contribution in [0, 0.1) is 0 Å². The van der Waals surface area contributed by atoms with Crippen LogP contribution in [-0.2, 0) is 17.5 Å². The lowest BCUT2D eigenvalue weighted by Gasteiger charge is -2.07. The summed E-state index contributed by atoms with van der Waals surface area (Å²) in [5.41, 5.74) is -0.0197. The molecule has 0 spiro atoms. The number of hydrogen-bond donors (Lipinski definition) is 1. The number of nitrogens with zero attached hydrogens (tertiary/aromatic N) is 4. The van der Waals surface area contributed by atoms with Crippen molar-refractivity contribution in [3.8, 4) is 11.4 Å². The highest BCUT2D eigenvalue weighted by Gasteiger charge is 2.30. The van der Waals surface area contributed by atoms with Crippen molar-refractivity contribution in [1.29, 1.82) is 0 Å². The van der Waals surface area contributed by atoms with Gasteiger partial charge in [-0.1, -0.05) is 12.1 Å². The fraction of sp³-hybridized carbons (Fsp3) is 0.150. The molecule has 0 atom stereocenters. The van der Waals surface area contributed by atoms with Crippen LogP contribution in [0.3, 0.4) is 0 Å². The average Bonchev–Trinajstić information content (AvgIpc) is 3.15. The van der Waals surface area contributed by atoms with E-state index in [1.807, 2.05) is 0 Å². The topological polar surface area (TPSA) is 103 Å². The molecule has 4 rings (SSSR count). The van der Waals surface area contributed by atoms with Gasteiger partial charge in [0.15, 0.2) is 0 Å². The standard InChI is InChI=1S/C20H14F3N5O3/c1-11(29)24-15-5-6-16-13(8-18(30)31-17(16)9-15)10-28-26-19(25-27-28)12-3-2-4-14(7-12)20(21,22)23/h2-9H,10H2,1H3,(H,24,29). The number of hydrogen-bond acceptors (Lipinski definition) is 6. The van der Waals surface area contributed by atoms with E-state index in [1.54, 1.807) is 12.1 Å². The lowest BCUT2D eigenvalue weighted by atomic mass is 10.1. The van der Waals surface area contributed by atoms with Gasteiger partial charge in [-0.2, -0.15) is 18.0 Å². The largest absolute Gasteiger partial charge is 0.423 e. The first-order chi connectivity index (χ1) is 14.7. The number of carbonyl (C=O) groups excluding carboxylic acids is 1. The second kappa shape index (κ2) is 7.67. The summed E-state index contributed by atoms with van der Waals surface area (Å²) in [6, 6.07) is 10.7. The number of halogens is 3. The maximum Gasteiger partial charge on any atom is 0.416 e. The van der Waals surface area contributed by atoms with Gasteiger partial charge in [-0.25, -0.2) is 4.79 Å². The van der Waals surface area contributed by atoms with Gasteiger partial charge >= 0.3 is 11.8 Å². The molecule has 8 nitrogen and oxygen atoms in total. The molecule has 158 valence electrons. The van der Waals surface area contributed by atoms with Gasteiger partial charge in [0, 0.05) is 35.7 Å². The number of aromatic nitrogens is 4. The Hall–Kier alpha value is -4.02. The Morgan fingerprint density at radius 2 is 1.97 bits per heavy atom. The summed E-state index contributed by atoms with van der Waals surface area (Å²) in [6.07, 6.45) is -4.49. The molecule has 0 aliphatic carbocycles. The molecule has 4 aromatic rings. The molecule has 2 aromatic carbocycles. The zero-order chi connectivity index (χ0) is 22.2.